The third kappa shape index (κ3) is 4.36. The fraction of sp³-hybridized carbons (Fsp3) is 0.833. The van der Waals surface area contributed by atoms with Crippen molar-refractivity contribution >= 4 is 12.1 Å². The summed E-state index contributed by atoms with van der Waals surface area (Å²) in [6.07, 6.45) is -2.09. The number of amides is 1. The van der Waals surface area contributed by atoms with Crippen molar-refractivity contribution in [3.63, 3.8) is 0 Å². The Balaban J connectivity index is 2.36. The molecular weight excluding hydrogens is 254 g/mol. The zero-order valence-corrected chi connectivity index (χ0v) is 11.9. The van der Waals surface area contributed by atoms with Crippen molar-refractivity contribution in [2.75, 3.05) is 20.8 Å². The number of esters is 1. The summed E-state index contributed by atoms with van der Waals surface area (Å²) in [7, 11) is 2.76. The van der Waals surface area contributed by atoms with Crippen LogP contribution in [0.15, 0.2) is 0 Å². The van der Waals surface area contributed by atoms with Crippen molar-refractivity contribution in [1.29, 1.82) is 0 Å². The van der Waals surface area contributed by atoms with E-state index in [2.05, 4.69) is 10.1 Å². The Hall–Kier alpha value is -1.34. The zero-order chi connectivity index (χ0) is 14.6. The molecule has 7 heteroatoms. The minimum absolute atomic E-state index is 0.209. The van der Waals surface area contributed by atoms with Gasteiger partial charge in [-0.15, -0.1) is 0 Å². The number of rotatable bonds is 4. The second-order valence-corrected chi connectivity index (χ2v) is 5.20. The average Bonchev–Trinajstić information content (AvgIpc) is 2.25. The van der Waals surface area contributed by atoms with Crippen LogP contribution in [0.3, 0.4) is 0 Å². The largest absolute Gasteiger partial charge is 0.467 e. The number of carbonyl (C=O) groups is 2. The first-order valence-electron chi connectivity index (χ1n) is 6.01. The van der Waals surface area contributed by atoms with E-state index in [1.54, 1.807) is 20.8 Å². The maximum Gasteiger partial charge on any atom is 0.407 e. The average molecular weight is 275 g/mol. The molecule has 0 aromatic heterocycles. The predicted octanol–water partition coefficient (Wildman–Crippen LogP) is 0.467. The number of hydrogen-bond donors (Lipinski definition) is 1. The van der Waals surface area contributed by atoms with Gasteiger partial charge in [0.25, 0.3) is 0 Å². The van der Waals surface area contributed by atoms with Gasteiger partial charge in [0, 0.05) is 13.7 Å². The third-order valence-electron chi connectivity index (χ3n) is 2.54. The molecule has 19 heavy (non-hydrogen) atoms. The van der Waals surface area contributed by atoms with Gasteiger partial charge in [-0.05, 0) is 20.8 Å². The lowest BCUT2D eigenvalue weighted by Crippen LogP contribution is -2.62. The normalized spacial score (nSPS) is 26.3. The highest BCUT2D eigenvalue weighted by atomic mass is 16.6. The molecule has 0 bridgehead atoms. The van der Waals surface area contributed by atoms with Crippen LogP contribution >= 0.6 is 0 Å². The van der Waals surface area contributed by atoms with E-state index in [1.165, 1.54) is 14.2 Å². The molecule has 3 atom stereocenters. The Labute approximate surface area is 112 Å². The SMILES string of the molecule is COC(=O)[C@H]1O[C@H](CNC(=O)OC(C)(C)C)[C@@H]1OC. The van der Waals surface area contributed by atoms with Gasteiger partial charge in [0.05, 0.1) is 7.11 Å². The molecular formula is C12H21NO6. The molecule has 0 radical (unpaired) electrons. The van der Waals surface area contributed by atoms with Crippen LogP contribution in [0.4, 0.5) is 4.79 Å². The van der Waals surface area contributed by atoms with Gasteiger partial charge in [0.1, 0.15) is 17.8 Å². The second-order valence-electron chi connectivity index (χ2n) is 5.20. The Morgan fingerprint density at radius 3 is 2.37 bits per heavy atom. The van der Waals surface area contributed by atoms with Gasteiger partial charge in [-0.25, -0.2) is 9.59 Å². The van der Waals surface area contributed by atoms with Crippen molar-refractivity contribution in [3.05, 3.63) is 0 Å². The maximum absolute atomic E-state index is 11.4. The van der Waals surface area contributed by atoms with Crippen LogP contribution in [0, 0.1) is 0 Å². The summed E-state index contributed by atoms with van der Waals surface area (Å²) in [5.41, 5.74) is -0.556. The first-order valence-corrected chi connectivity index (χ1v) is 6.01. The van der Waals surface area contributed by atoms with Crippen molar-refractivity contribution in [2.24, 2.45) is 0 Å². The molecule has 0 spiro atoms. The molecule has 0 aliphatic carbocycles. The van der Waals surface area contributed by atoms with Gasteiger partial charge in [0.15, 0.2) is 6.10 Å². The van der Waals surface area contributed by atoms with Crippen LogP contribution in [0.1, 0.15) is 20.8 Å². The highest BCUT2D eigenvalue weighted by molar-refractivity contribution is 5.76. The molecule has 1 rings (SSSR count). The fourth-order valence-electron chi connectivity index (χ4n) is 1.69. The monoisotopic (exact) mass is 275 g/mol. The first-order chi connectivity index (χ1) is 8.78. The number of methoxy groups -OCH3 is 2. The molecule has 0 saturated carbocycles. The lowest BCUT2D eigenvalue weighted by atomic mass is 10.0. The van der Waals surface area contributed by atoms with Crippen LogP contribution in [0.5, 0.6) is 0 Å². The molecule has 1 N–H and O–H groups in total. The number of alkyl carbamates (subject to hydrolysis) is 1. The second kappa shape index (κ2) is 6.21. The van der Waals surface area contributed by atoms with Crippen LogP contribution in [0.2, 0.25) is 0 Å². The minimum Gasteiger partial charge on any atom is -0.467 e. The van der Waals surface area contributed by atoms with Crippen LogP contribution in [-0.4, -0.2) is 56.7 Å². The van der Waals surface area contributed by atoms with Gasteiger partial charge in [-0.1, -0.05) is 0 Å². The van der Waals surface area contributed by atoms with E-state index in [0.717, 1.165) is 0 Å². The minimum atomic E-state index is -0.736. The number of ether oxygens (including phenoxy) is 4. The molecule has 1 fully saturated rings. The molecule has 1 aliphatic heterocycles. The van der Waals surface area contributed by atoms with Gasteiger partial charge >= 0.3 is 12.1 Å². The highest BCUT2D eigenvalue weighted by Gasteiger charge is 2.48. The molecule has 1 heterocycles. The molecule has 0 unspecified atom stereocenters. The molecule has 7 nitrogen and oxygen atoms in total. The standard InChI is InChI=1S/C12H21NO6/c1-12(2,3)19-11(15)13-6-7-8(16-4)9(18-7)10(14)17-5/h7-9H,6H2,1-5H3,(H,13,15)/t7-,8+,9+/m1/s1. The van der Waals surface area contributed by atoms with Gasteiger partial charge in [0.2, 0.25) is 0 Å². The van der Waals surface area contributed by atoms with E-state index < -0.39 is 29.9 Å². The maximum atomic E-state index is 11.4. The van der Waals surface area contributed by atoms with Gasteiger partial charge in [-0.2, -0.15) is 0 Å². The van der Waals surface area contributed by atoms with E-state index in [4.69, 9.17) is 14.2 Å². The molecule has 0 aromatic rings. The molecule has 1 aliphatic rings. The van der Waals surface area contributed by atoms with E-state index in [1.807, 2.05) is 0 Å². The van der Waals surface area contributed by atoms with Crippen LogP contribution < -0.4 is 5.32 Å². The number of nitrogens with one attached hydrogen (secondary N) is 1. The van der Waals surface area contributed by atoms with Crippen molar-refractivity contribution in [1.82, 2.24) is 5.32 Å². The van der Waals surface area contributed by atoms with E-state index >= 15 is 0 Å². The summed E-state index contributed by atoms with van der Waals surface area (Å²) in [5.74, 6) is -0.486. The topological polar surface area (TPSA) is 83.1 Å². The zero-order valence-electron chi connectivity index (χ0n) is 11.9. The number of carbonyl (C=O) groups excluding carboxylic acids is 2. The Bertz CT molecular complexity index is 338. The Morgan fingerprint density at radius 2 is 1.89 bits per heavy atom. The van der Waals surface area contributed by atoms with E-state index in [0.29, 0.717) is 0 Å². The van der Waals surface area contributed by atoms with E-state index in [-0.39, 0.29) is 12.6 Å². The molecule has 1 amide bonds. The number of hydrogen-bond acceptors (Lipinski definition) is 6. The van der Waals surface area contributed by atoms with Crippen LogP contribution in [-0.2, 0) is 23.7 Å². The summed E-state index contributed by atoms with van der Waals surface area (Å²) in [5, 5.41) is 2.56. The molecule has 1 saturated heterocycles. The lowest BCUT2D eigenvalue weighted by molar-refractivity contribution is -0.237. The van der Waals surface area contributed by atoms with Crippen molar-refractivity contribution in [3.8, 4) is 0 Å². The smallest absolute Gasteiger partial charge is 0.407 e. The fourth-order valence-corrected chi connectivity index (χ4v) is 1.69. The Kier molecular flexibility index (Phi) is 5.13. The quantitative estimate of drug-likeness (QED) is 0.751. The third-order valence-corrected chi connectivity index (χ3v) is 2.54. The van der Waals surface area contributed by atoms with Crippen molar-refractivity contribution in [2.45, 2.75) is 44.7 Å². The molecule has 110 valence electrons. The lowest BCUT2D eigenvalue weighted by Gasteiger charge is -2.41. The van der Waals surface area contributed by atoms with Gasteiger partial charge < -0.3 is 24.3 Å². The van der Waals surface area contributed by atoms with E-state index in [9.17, 15) is 9.59 Å². The summed E-state index contributed by atoms with van der Waals surface area (Å²) in [6, 6.07) is 0. The summed E-state index contributed by atoms with van der Waals surface area (Å²) < 4.78 is 20.1. The summed E-state index contributed by atoms with van der Waals surface area (Å²) >= 11 is 0. The van der Waals surface area contributed by atoms with Crippen molar-refractivity contribution < 1.29 is 28.5 Å². The highest BCUT2D eigenvalue weighted by Crippen LogP contribution is 2.24. The Morgan fingerprint density at radius 1 is 1.26 bits per heavy atom. The van der Waals surface area contributed by atoms with Gasteiger partial charge in [-0.3, -0.25) is 0 Å². The molecule has 0 aromatic carbocycles. The summed E-state index contributed by atoms with van der Waals surface area (Å²) in [6.45, 7) is 5.54. The van der Waals surface area contributed by atoms with Crippen LogP contribution in [0.25, 0.3) is 0 Å². The predicted molar refractivity (Wildman–Crippen MR) is 65.7 cm³/mol. The first kappa shape index (κ1) is 15.7. The summed E-state index contributed by atoms with van der Waals surface area (Å²) in [4.78, 5) is 22.7.